The first-order valence-corrected chi connectivity index (χ1v) is 6.67. The fourth-order valence-electron chi connectivity index (χ4n) is 2.42. The number of rotatable bonds is 8. The van der Waals surface area contributed by atoms with E-state index in [0.29, 0.717) is 26.1 Å². The number of β-amino-alcohol motifs (C(OH)–C–C–N with tert-alkyl or cyclic N) is 1. The molecule has 1 aliphatic heterocycles. The Morgan fingerprint density at radius 2 is 2.16 bits per heavy atom. The third-order valence-electron chi connectivity index (χ3n) is 3.66. The first-order chi connectivity index (χ1) is 8.90. The van der Waals surface area contributed by atoms with E-state index < -0.39 is 17.6 Å². The highest BCUT2D eigenvalue weighted by molar-refractivity contribution is 5.78. The molecule has 6 heteroatoms. The summed E-state index contributed by atoms with van der Waals surface area (Å²) < 4.78 is 10.4. The molecule has 1 heterocycles. The van der Waals surface area contributed by atoms with E-state index >= 15 is 0 Å². The van der Waals surface area contributed by atoms with Crippen molar-refractivity contribution in [1.82, 2.24) is 4.90 Å². The van der Waals surface area contributed by atoms with Crippen LogP contribution < -0.4 is 0 Å². The number of carboxylic acids is 1. The number of likely N-dealkylation sites (tertiary alicyclic amines) is 1. The largest absolute Gasteiger partial charge is 0.480 e. The summed E-state index contributed by atoms with van der Waals surface area (Å²) in [6.07, 6.45) is 0.701. The van der Waals surface area contributed by atoms with Crippen LogP contribution in [0.15, 0.2) is 0 Å². The van der Waals surface area contributed by atoms with Crippen molar-refractivity contribution in [2.45, 2.75) is 44.4 Å². The molecule has 0 spiro atoms. The van der Waals surface area contributed by atoms with E-state index in [2.05, 4.69) is 0 Å². The van der Waals surface area contributed by atoms with E-state index in [-0.39, 0.29) is 12.7 Å². The van der Waals surface area contributed by atoms with Crippen LogP contribution in [0.2, 0.25) is 0 Å². The molecule has 2 N–H and O–H groups in total. The molecule has 112 valence electrons. The van der Waals surface area contributed by atoms with Crippen molar-refractivity contribution in [3.05, 3.63) is 0 Å². The third kappa shape index (κ3) is 4.42. The molecular formula is C13H25NO5. The average molecular weight is 275 g/mol. The molecule has 0 aromatic heterocycles. The van der Waals surface area contributed by atoms with Gasteiger partial charge in [0.25, 0.3) is 0 Å². The number of aliphatic hydroxyl groups is 1. The minimum absolute atomic E-state index is 0.0796. The number of methoxy groups -OCH3 is 1. The van der Waals surface area contributed by atoms with Crippen LogP contribution in [0.1, 0.15) is 26.7 Å². The first-order valence-electron chi connectivity index (χ1n) is 6.67. The maximum Gasteiger partial charge on any atom is 0.323 e. The van der Waals surface area contributed by atoms with Crippen molar-refractivity contribution in [1.29, 1.82) is 0 Å². The summed E-state index contributed by atoms with van der Waals surface area (Å²) in [4.78, 5) is 13.1. The summed E-state index contributed by atoms with van der Waals surface area (Å²) in [5.41, 5.74) is -0.862. The highest BCUT2D eigenvalue weighted by Crippen LogP contribution is 2.29. The summed E-state index contributed by atoms with van der Waals surface area (Å²) in [6, 6.07) is 0. The zero-order valence-corrected chi connectivity index (χ0v) is 12.0. The van der Waals surface area contributed by atoms with Crippen LogP contribution in [-0.4, -0.2) is 72.2 Å². The molecule has 0 amide bonds. The number of aliphatic carboxylic acids is 1. The fraction of sp³-hybridized carbons (Fsp3) is 0.923. The summed E-state index contributed by atoms with van der Waals surface area (Å²) in [7, 11) is 1.60. The molecule has 3 atom stereocenters. The van der Waals surface area contributed by atoms with Crippen molar-refractivity contribution in [2.24, 2.45) is 0 Å². The van der Waals surface area contributed by atoms with Gasteiger partial charge in [-0.25, -0.2) is 0 Å². The zero-order chi connectivity index (χ0) is 14.5. The predicted molar refractivity (Wildman–Crippen MR) is 70.1 cm³/mol. The number of hydrogen-bond acceptors (Lipinski definition) is 5. The van der Waals surface area contributed by atoms with Gasteiger partial charge in [0.1, 0.15) is 5.54 Å². The molecular weight excluding hydrogens is 250 g/mol. The maximum atomic E-state index is 11.3. The van der Waals surface area contributed by atoms with Crippen molar-refractivity contribution in [3.63, 3.8) is 0 Å². The highest BCUT2D eigenvalue weighted by atomic mass is 16.5. The number of hydrogen-bond donors (Lipinski definition) is 2. The second-order valence-electron chi connectivity index (χ2n) is 5.38. The van der Waals surface area contributed by atoms with Gasteiger partial charge in [-0.3, -0.25) is 9.69 Å². The van der Waals surface area contributed by atoms with Gasteiger partial charge in [0.15, 0.2) is 0 Å². The van der Waals surface area contributed by atoms with Crippen molar-refractivity contribution >= 4 is 5.97 Å². The molecule has 1 aliphatic rings. The quantitative estimate of drug-likeness (QED) is 0.665. The molecule has 0 aromatic carbocycles. The Bertz CT molecular complexity index is 299. The SMILES string of the molecule is COCC(C)OCC(O)CN1CCCC1(C)C(=O)O. The molecule has 1 saturated heterocycles. The average Bonchev–Trinajstić information content (AvgIpc) is 2.70. The van der Waals surface area contributed by atoms with Gasteiger partial charge in [0.05, 0.1) is 25.4 Å². The number of carbonyl (C=O) groups is 1. The van der Waals surface area contributed by atoms with Crippen molar-refractivity contribution in [3.8, 4) is 0 Å². The first kappa shape index (κ1) is 16.4. The van der Waals surface area contributed by atoms with E-state index in [1.165, 1.54) is 0 Å². The number of carboxylic acid groups (broad SMARTS) is 1. The Balaban J connectivity index is 2.39. The number of nitrogens with zero attached hydrogens (tertiary/aromatic N) is 1. The van der Waals surface area contributed by atoms with Gasteiger partial charge >= 0.3 is 5.97 Å². The lowest BCUT2D eigenvalue weighted by atomic mass is 9.99. The fourth-order valence-corrected chi connectivity index (χ4v) is 2.42. The Labute approximate surface area is 114 Å². The molecule has 19 heavy (non-hydrogen) atoms. The van der Waals surface area contributed by atoms with Gasteiger partial charge in [-0.15, -0.1) is 0 Å². The van der Waals surface area contributed by atoms with Crippen LogP contribution in [-0.2, 0) is 14.3 Å². The molecule has 6 nitrogen and oxygen atoms in total. The monoisotopic (exact) mass is 275 g/mol. The van der Waals surface area contributed by atoms with E-state index in [1.807, 2.05) is 11.8 Å². The second-order valence-corrected chi connectivity index (χ2v) is 5.38. The van der Waals surface area contributed by atoms with Gasteiger partial charge in [-0.2, -0.15) is 0 Å². The molecule has 0 radical (unpaired) electrons. The molecule has 1 rings (SSSR count). The lowest BCUT2D eigenvalue weighted by Crippen LogP contribution is -2.51. The Hall–Kier alpha value is -0.690. The molecule has 0 aliphatic carbocycles. The van der Waals surface area contributed by atoms with Crippen LogP contribution >= 0.6 is 0 Å². The topological polar surface area (TPSA) is 79.2 Å². The minimum Gasteiger partial charge on any atom is -0.480 e. The summed E-state index contributed by atoms with van der Waals surface area (Å²) in [6.45, 7) is 5.27. The molecule has 0 bridgehead atoms. The number of aliphatic hydroxyl groups excluding tert-OH is 1. The van der Waals surface area contributed by atoms with E-state index in [1.54, 1.807) is 14.0 Å². The summed E-state index contributed by atoms with van der Waals surface area (Å²) in [5.74, 6) is -0.828. The minimum atomic E-state index is -0.862. The van der Waals surface area contributed by atoms with Crippen LogP contribution in [0.4, 0.5) is 0 Å². The third-order valence-corrected chi connectivity index (χ3v) is 3.66. The standard InChI is InChI=1S/C13H25NO5/c1-10(8-18-3)19-9-11(15)7-14-6-4-5-13(14,2)12(16)17/h10-11,15H,4-9H2,1-3H3,(H,16,17). The molecule has 0 saturated carbocycles. The van der Waals surface area contributed by atoms with Gasteiger partial charge in [0.2, 0.25) is 0 Å². The van der Waals surface area contributed by atoms with E-state index in [4.69, 9.17) is 9.47 Å². The molecule has 3 unspecified atom stereocenters. The Kier molecular flexibility index (Phi) is 6.19. The van der Waals surface area contributed by atoms with Crippen LogP contribution in [0.25, 0.3) is 0 Å². The second kappa shape index (κ2) is 7.19. The maximum absolute atomic E-state index is 11.3. The Morgan fingerprint density at radius 3 is 2.74 bits per heavy atom. The lowest BCUT2D eigenvalue weighted by molar-refractivity contribution is -0.149. The normalized spacial score (nSPS) is 27.4. The summed E-state index contributed by atoms with van der Waals surface area (Å²) >= 11 is 0. The van der Waals surface area contributed by atoms with Gasteiger partial charge in [-0.05, 0) is 33.2 Å². The van der Waals surface area contributed by atoms with Crippen molar-refractivity contribution < 1.29 is 24.5 Å². The van der Waals surface area contributed by atoms with E-state index in [0.717, 1.165) is 6.42 Å². The molecule has 1 fully saturated rings. The summed E-state index contributed by atoms with van der Waals surface area (Å²) in [5, 5.41) is 19.2. The highest BCUT2D eigenvalue weighted by Gasteiger charge is 2.43. The molecule has 0 aromatic rings. The van der Waals surface area contributed by atoms with Crippen LogP contribution in [0.3, 0.4) is 0 Å². The van der Waals surface area contributed by atoms with Gasteiger partial charge in [0, 0.05) is 13.7 Å². The predicted octanol–water partition coefficient (Wildman–Crippen LogP) is 0.338. The lowest BCUT2D eigenvalue weighted by Gasteiger charge is -2.32. The number of ether oxygens (including phenoxy) is 2. The Morgan fingerprint density at radius 1 is 1.47 bits per heavy atom. The van der Waals surface area contributed by atoms with Crippen LogP contribution in [0.5, 0.6) is 0 Å². The van der Waals surface area contributed by atoms with Gasteiger partial charge in [-0.1, -0.05) is 0 Å². The van der Waals surface area contributed by atoms with E-state index in [9.17, 15) is 15.0 Å². The smallest absolute Gasteiger partial charge is 0.323 e. The van der Waals surface area contributed by atoms with Gasteiger partial charge < -0.3 is 19.7 Å². The van der Waals surface area contributed by atoms with Crippen LogP contribution in [0, 0.1) is 0 Å². The van der Waals surface area contributed by atoms with Crippen molar-refractivity contribution in [2.75, 3.05) is 33.4 Å². The zero-order valence-electron chi connectivity index (χ0n) is 12.0.